The van der Waals surface area contributed by atoms with Gasteiger partial charge in [0.1, 0.15) is 0 Å². The molecule has 0 aromatic heterocycles. The van der Waals surface area contributed by atoms with E-state index in [1.807, 2.05) is 13.8 Å². The Morgan fingerprint density at radius 3 is 1.21 bits per heavy atom. The molecule has 5 heteroatoms. The van der Waals surface area contributed by atoms with E-state index in [1.165, 1.54) is 45.1 Å². The van der Waals surface area contributed by atoms with E-state index < -0.39 is 0 Å². The first kappa shape index (κ1) is 28.1. The van der Waals surface area contributed by atoms with E-state index >= 15 is 0 Å². The SMILES string of the molecule is CCCC[N-]CCCC.CC[N-]CC.C[N-]C.[Cl][Ti+3]. The van der Waals surface area contributed by atoms with Crippen LogP contribution in [0.15, 0.2) is 0 Å². The summed E-state index contributed by atoms with van der Waals surface area (Å²) in [5, 5.41) is 11.8. The van der Waals surface area contributed by atoms with E-state index in [1.54, 1.807) is 14.1 Å². The van der Waals surface area contributed by atoms with Gasteiger partial charge in [-0.2, -0.15) is 27.2 Å². The van der Waals surface area contributed by atoms with Gasteiger partial charge in [0.2, 0.25) is 0 Å². The van der Waals surface area contributed by atoms with Crippen molar-refractivity contribution in [2.24, 2.45) is 0 Å². The molecular formula is C14H34ClN3Ti. The monoisotopic (exact) mass is 327 g/mol. The van der Waals surface area contributed by atoms with Crippen molar-refractivity contribution in [2.45, 2.75) is 53.4 Å². The van der Waals surface area contributed by atoms with E-state index in [4.69, 9.17) is 0 Å². The summed E-state index contributed by atoms with van der Waals surface area (Å²) in [6, 6.07) is 0. The van der Waals surface area contributed by atoms with Gasteiger partial charge in [-0.25, -0.2) is 0 Å². The summed E-state index contributed by atoms with van der Waals surface area (Å²) in [6.45, 7) is 12.6. The molecule has 0 saturated carbocycles. The zero-order valence-corrected chi connectivity index (χ0v) is 16.2. The van der Waals surface area contributed by atoms with Crippen LogP contribution in [0.4, 0.5) is 0 Å². The van der Waals surface area contributed by atoms with E-state index in [0.29, 0.717) is 0 Å². The molecule has 0 saturated heterocycles. The molecule has 0 fully saturated rings. The Morgan fingerprint density at radius 2 is 1.05 bits per heavy atom. The van der Waals surface area contributed by atoms with Crippen molar-refractivity contribution >= 4 is 9.30 Å². The Morgan fingerprint density at radius 1 is 0.737 bits per heavy atom. The predicted molar refractivity (Wildman–Crippen MR) is 88.4 cm³/mol. The number of halogens is 1. The molecule has 0 spiro atoms. The standard InChI is InChI=1S/C8H18N.C4H10N.C2H6N.ClH.Ti/c1-3-5-7-9-8-6-4-2;1-3-5-4-2;1-3-2;;/h3-8H2,1-2H3;3-4H2,1-2H3;1-2H3;1H;/q3*-1;;+4/p-1. The third kappa shape index (κ3) is 68.2. The van der Waals surface area contributed by atoms with Gasteiger partial charge < -0.3 is 16.0 Å². The maximum atomic E-state index is 4.64. The molecule has 0 rings (SSSR count). The van der Waals surface area contributed by atoms with Gasteiger partial charge in [0, 0.05) is 0 Å². The molecule has 0 aliphatic carbocycles. The zero-order valence-electron chi connectivity index (χ0n) is 13.9. The molecule has 0 heterocycles. The molecule has 0 radical (unpaired) electrons. The van der Waals surface area contributed by atoms with Crippen molar-refractivity contribution in [3.8, 4) is 0 Å². The Bertz CT molecular complexity index is 90.8. The van der Waals surface area contributed by atoms with E-state index in [2.05, 4.69) is 39.1 Å². The summed E-state index contributed by atoms with van der Waals surface area (Å²) >= 11 is 1.47. The van der Waals surface area contributed by atoms with Crippen molar-refractivity contribution in [3.05, 3.63) is 16.0 Å². The average Bonchev–Trinajstić information content (AvgIpc) is 2.43. The normalized spacial score (nSPS) is 8.26. The molecule has 19 heavy (non-hydrogen) atoms. The summed E-state index contributed by atoms with van der Waals surface area (Å²) in [5.74, 6) is 0. The maximum absolute atomic E-state index is 4.64. The van der Waals surface area contributed by atoms with Crippen LogP contribution in [0.3, 0.4) is 0 Å². The molecule has 0 aromatic carbocycles. The van der Waals surface area contributed by atoms with Crippen molar-refractivity contribution in [1.82, 2.24) is 0 Å². The second kappa shape index (κ2) is 42.8. The Balaban J connectivity index is -0.0000000952. The van der Waals surface area contributed by atoms with Gasteiger partial charge in [0.15, 0.2) is 0 Å². The fourth-order valence-electron chi connectivity index (χ4n) is 0.875. The Kier molecular flexibility index (Phi) is 63.3. The summed E-state index contributed by atoms with van der Waals surface area (Å²) in [7, 11) is 8.14. The van der Waals surface area contributed by atoms with Crippen LogP contribution < -0.4 is 0 Å². The predicted octanol–water partition coefficient (Wildman–Crippen LogP) is 5.67. The van der Waals surface area contributed by atoms with Gasteiger partial charge in [0.25, 0.3) is 0 Å². The van der Waals surface area contributed by atoms with E-state index in [9.17, 15) is 0 Å². The summed E-state index contributed by atoms with van der Waals surface area (Å²) < 4.78 is 0. The second-order valence-corrected chi connectivity index (χ2v) is 3.68. The summed E-state index contributed by atoms with van der Waals surface area (Å²) in [4.78, 5) is 0. The van der Waals surface area contributed by atoms with E-state index in [-0.39, 0.29) is 0 Å². The van der Waals surface area contributed by atoms with Crippen LogP contribution >= 0.6 is 9.30 Å². The van der Waals surface area contributed by atoms with Crippen LogP contribution in [0, 0.1) is 0 Å². The third-order valence-corrected chi connectivity index (χ3v) is 1.79. The third-order valence-electron chi connectivity index (χ3n) is 1.79. The van der Waals surface area contributed by atoms with E-state index in [0.717, 1.165) is 26.2 Å². The molecule has 0 aromatic rings. The van der Waals surface area contributed by atoms with Crippen molar-refractivity contribution in [2.75, 3.05) is 40.3 Å². The second-order valence-electron chi connectivity index (χ2n) is 3.68. The number of hydrogen-bond acceptors (Lipinski definition) is 0. The van der Waals surface area contributed by atoms with Gasteiger partial charge in [-0.15, -0.1) is 13.1 Å². The van der Waals surface area contributed by atoms with Crippen molar-refractivity contribution in [1.29, 1.82) is 0 Å². The minimum absolute atomic E-state index is 0.969. The molecule has 0 unspecified atom stereocenters. The minimum atomic E-state index is 0.969. The van der Waals surface area contributed by atoms with Crippen LogP contribution in [0.1, 0.15) is 53.4 Å². The first-order valence-electron chi connectivity index (χ1n) is 7.18. The molecule has 0 amide bonds. The van der Waals surface area contributed by atoms with Gasteiger partial charge in [0.05, 0.1) is 0 Å². The Hall–Kier alpha value is 0.884. The van der Waals surface area contributed by atoms with Crippen LogP contribution in [-0.2, 0) is 19.4 Å². The first-order chi connectivity index (χ1) is 9.24. The molecule has 0 aliphatic heterocycles. The van der Waals surface area contributed by atoms with Crippen LogP contribution in [0.25, 0.3) is 16.0 Å². The van der Waals surface area contributed by atoms with Gasteiger partial charge in [-0.1, -0.05) is 53.4 Å². The molecular weight excluding hydrogens is 293 g/mol. The van der Waals surface area contributed by atoms with Crippen LogP contribution in [-0.4, -0.2) is 40.3 Å². The summed E-state index contributed by atoms with van der Waals surface area (Å²) in [6.07, 6.45) is 5.08. The molecule has 0 aliphatic rings. The molecule has 0 atom stereocenters. The Labute approximate surface area is 138 Å². The number of rotatable bonds is 8. The van der Waals surface area contributed by atoms with Gasteiger partial charge >= 0.3 is 28.7 Å². The quantitative estimate of drug-likeness (QED) is 0.407. The molecule has 116 valence electrons. The fraction of sp³-hybridized carbons (Fsp3) is 1.00. The van der Waals surface area contributed by atoms with Gasteiger partial charge in [-0.05, 0) is 0 Å². The average molecular weight is 328 g/mol. The fourth-order valence-corrected chi connectivity index (χ4v) is 0.875. The van der Waals surface area contributed by atoms with Crippen LogP contribution in [0.5, 0.6) is 0 Å². The number of hydrogen-bond donors (Lipinski definition) is 0. The van der Waals surface area contributed by atoms with Gasteiger partial charge in [-0.3, -0.25) is 0 Å². The first-order valence-corrected chi connectivity index (χ1v) is 9.33. The molecule has 0 bridgehead atoms. The zero-order chi connectivity index (χ0) is 15.8. The summed E-state index contributed by atoms with van der Waals surface area (Å²) in [5.41, 5.74) is 0. The topological polar surface area (TPSA) is 42.3 Å². The van der Waals surface area contributed by atoms with Crippen LogP contribution in [0.2, 0.25) is 0 Å². The molecule has 0 N–H and O–H groups in total. The van der Waals surface area contributed by atoms with Crippen molar-refractivity contribution < 1.29 is 19.4 Å². The molecule has 3 nitrogen and oxygen atoms in total. The number of nitrogens with zero attached hydrogens (tertiary/aromatic N) is 3. The number of unbranched alkanes of at least 4 members (excludes halogenated alkanes) is 2. The van der Waals surface area contributed by atoms with Crippen molar-refractivity contribution in [3.63, 3.8) is 0 Å².